The first-order chi connectivity index (χ1) is 8.22. The van der Waals surface area contributed by atoms with E-state index < -0.39 is 0 Å². The van der Waals surface area contributed by atoms with Gasteiger partial charge in [0.1, 0.15) is 0 Å². The molecule has 3 rings (SSSR count). The molecule has 2 nitrogen and oxygen atoms in total. The average molecular weight is 230 g/mol. The molecule has 2 fully saturated rings. The Bertz CT molecular complexity index is 372. The van der Waals surface area contributed by atoms with Crippen molar-refractivity contribution in [1.29, 1.82) is 0 Å². The van der Waals surface area contributed by atoms with Crippen LogP contribution in [0.4, 0.5) is 5.69 Å². The molecule has 0 bridgehead atoms. The van der Waals surface area contributed by atoms with Crippen LogP contribution in [-0.2, 0) is 0 Å². The van der Waals surface area contributed by atoms with E-state index in [0.717, 1.165) is 12.1 Å². The van der Waals surface area contributed by atoms with Crippen molar-refractivity contribution in [3.8, 4) is 0 Å². The molecular formula is C15H22N2. The Hall–Kier alpha value is -1.02. The lowest BCUT2D eigenvalue weighted by molar-refractivity contribution is 0.417. The highest BCUT2D eigenvalue weighted by Crippen LogP contribution is 2.26. The fourth-order valence-corrected chi connectivity index (χ4v) is 2.45. The van der Waals surface area contributed by atoms with Crippen LogP contribution >= 0.6 is 0 Å². The van der Waals surface area contributed by atoms with E-state index in [1.165, 1.54) is 37.2 Å². The minimum atomic E-state index is 0.629. The quantitative estimate of drug-likeness (QED) is 0.855. The lowest BCUT2D eigenvalue weighted by Gasteiger charge is -2.41. The Kier molecular flexibility index (Phi) is 2.83. The van der Waals surface area contributed by atoms with Crippen LogP contribution in [0, 0.1) is 0 Å². The van der Waals surface area contributed by atoms with Gasteiger partial charge in [-0.2, -0.15) is 0 Å². The Balaban J connectivity index is 1.55. The highest BCUT2D eigenvalue weighted by Gasteiger charge is 2.32. The molecule has 2 heteroatoms. The number of anilines is 1. The summed E-state index contributed by atoms with van der Waals surface area (Å²) in [5.41, 5.74) is 2.81. The molecule has 0 atom stereocenters. The molecule has 1 saturated carbocycles. The highest BCUT2D eigenvalue weighted by atomic mass is 15.3. The normalized spacial score (nSPS) is 20.8. The van der Waals surface area contributed by atoms with Crippen molar-refractivity contribution < 1.29 is 0 Å². The highest BCUT2D eigenvalue weighted by molar-refractivity contribution is 5.50. The maximum atomic E-state index is 3.68. The van der Waals surface area contributed by atoms with Gasteiger partial charge in [0.05, 0.1) is 0 Å². The molecule has 2 aliphatic rings. The van der Waals surface area contributed by atoms with Gasteiger partial charge in [-0.1, -0.05) is 26.0 Å². The second-order valence-corrected chi connectivity index (χ2v) is 5.79. The Morgan fingerprint density at radius 1 is 1.06 bits per heavy atom. The molecule has 1 aromatic rings. The van der Waals surface area contributed by atoms with Gasteiger partial charge in [0, 0.05) is 30.9 Å². The SMILES string of the molecule is CC(C)c1ccc(N2CC(NC3CC3)C2)cc1. The van der Waals surface area contributed by atoms with Gasteiger partial charge in [-0.15, -0.1) is 0 Å². The second kappa shape index (κ2) is 4.34. The van der Waals surface area contributed by atoms with Crippen LogP contribution in [0.25, 0.3) is 0 Å². The number of nitrogens with one attached hydrogen (secondary N) is 1. The lowest BCUT2D eigenvalue weighted by atomic mass is 10.0. The van der Waals surface area contributed by atoms with Gasteiger partial charge in [-0.05, 0) is 36.5 Å². The first-order valence-electron chi connectivity index (χ1n) is 6.83. The Morgan fingerprint density at radius 3 is 2.24 bits per heavy atom. The van der Waals surface area contributed by atoms with Crippen molar-refractivity contribution in [2.24, 2.45) is 0 Å². The van der Waals surface area contributed by atoms with Crippen LogP contribution in [0.15, 0.2) is 24.3 Å². The van der Waals surface area contributed by atoms with Gasteiger partial charge in [0.2, 0.25) is 0 Å². The monoisotopic (exact) mass is 230 g/mol. The van der Waals surface area contributed by atoms with Crippen LogP contribution in [0.1, 0.15) is 38.2 Å². The van der Waals surface area contributed by atoms with Crippen molar-refractivity contribution in [2.45, 2.75) is 44.7 Å². The van der Waals surface area contributed by atoms with Crippen LogP contribution in [0.5, 0.6) is 0 Å². The van der Waals surface area contributed by atoms with Crippen LogP contribution in [-0.4, -0.2) is 25.2 Å². The van der Waals surface area contributed by atoms with Gasteiger partial charge in [0.15, 0.2) is 0 Å². The topological polar surface area (TPSA) is 15.3 Å². The van der Waals surface area contributed by atoms with Crippen molar-refractivity contribution in [2.75, 3.05) is 18.0 Å². The standard InChI is InChI=1S/C15H22N2/c1-11(2)12-3-7-15(8-4-12)17-9-14(10-17)16-13-5-6-13/h3-4,7-8,11,13-14,16H,5-6,9-10H2,1-2H3. The third-order valence-corrected chi connectivity index (χ3v) is 3.86. The summed E-state index contributed by atoms with van der Waals surface area (Å²) in [5.74, 6) is 0.629. The minimum Gasteiger partial charge on any atom is -0.368 e. The third-order valence-electron chi connectivity index (χ3n) is 3.86. The van der Waals surface area contributed by atoms with Crippen LogP contribution in [0.2, 0.25) is 0 Å². The molecule has 1 aliphatic heterocycles. The smallest absolute Gasteiger partial charge is 0.0422 e. The molecule has 17 heavy (non-hydrogen) atoms. The van der Waals surface area contributed by atoms with Crippen molar-refractivity contribution in [3.63, 3.8) is 0 Å². The van der Waals surface area contributed by atoms with E-state index in [1.54, 1.807) is 0 Å². The molecule has 1 heterocycles. The summed E-state index contributed by atoms with van der Waals surface area (Å²) >= 11 is 0. The molecule has 92 valence electrons. The number of benzene rings is 1. The molecule has 1 N–H and O–H groups in total. The van der Waals surface area contributed by atoms with E-state index in [1.807, 2.05) is 0 Å². The van der Waals surface area contributed by atoms with Gasteiger partial charge >= 0.3 is 0 Å². The van der Waals surface area contributed by atoms with E-state index in [0.29, 0.717) is 5.92 Å². The van der Waals surface area contributed by atoms with Gasteiger partial charge in [-0.25, -0.2) is 0 Å². The molecule has 1 aliphatic carbocycles. The molecule has 0 amide bonds. The zero-order valence-electron chi connectivity index (χ0n) is 10.8. The predicted octanol–water partition coefficient (Wildman–Crippen LogP) is 2.75. The minimum absolute atomic E-state index is 0.629. The van der Waals surface area contributed by atoms with E-state index in [2.05, 4.69) is 48.3 Å². The summed E-state index contributed by atoms with van der Waals surface area (Å²) in [4.78, 5) is 2.46. The maximum Gasteiger partial charge on any atom is 0.0422 e. The van der Waals surface area contributed by atoms with Gasteiger partial charge < -0.3 is 10.2 Å². The van der Waals surface area contributed by atoms with E-state index in [4.69, 9.17) is 0 Å². The van der Waals surface area contributed by atoms with Crippen LogP contribution in [0.3, 0.4) is 0 Å². The maximum absolute atomic E-state index is 3.68. The number of rotatable bonds is 4. The summed E-state index contributed by atoms with van der Waals surface area (Å²) in [7, 11) is 0. The van der Waals surface area contributed by atoms with Gasteiger partial charge in [-0.3, -0.25) is 0 Å². The second-order valence-electron chi connectivity index (χ2n) is 5.79. The summed E-state index contributed by atoms with van der Waals surface area (Å²) in [6, 6.07) is 10.6. The fourth-order valence-electron chi connectivity index (χ4n) is 2.45. The molecule has 0 spiro atoms. The zero-order chi connectivity index (χ0) is 11.8. The van der Waals surface area contributed by atoms with E-state index in [9.17, 15) is 0 Å². The number of hydrogen-bond acceptors (Lipinski definition) is 2. The fraction of sp³-hybridized carbons (Fsp3) is 0.600. The van der Waals surface area contributed by atoms with Crippen molar-refractivity contribution in [3.05, 3.63) is 29.8 Å². The molecule has 0 unspecified atom stereocenters. The third kappa shape index (κ3) is 2.47. The molecule has 1 saturated heterocycles. The number of hydrogen-bond donors (Lipinski definition) is 1. The molecule has 0 radical (unpaired) electrons. The van der Waals surface area contributed by atoms with Crippen molar-refractivity contribution in [1.82, 2.24) is 5.32 Å². The summed E-state index contributed by atoms with van der Waals surface area (Å²) < 4.78 is 0. The van der Waals surface area contributed by atoms with Crippen LogP contribution < -0.4 is 10.2 Å². The summed E-state index contributed by atoms with van der Waals surface area (Å²) in [5, 5.41) is 3.68. The van der Waals surface area contributed by atoms with E-state index >= 15 is 0 Å². The molecular weight excluding hydrogens is 208 g/mol. The first kappa shape index (κ1) is 11.1. The molecule has 0 aromatic heterocycles. The zero-order valence-corrected chi connectivity index (χ0v) is 10.8. The van der Waals surface area contributed by atoms with Gasteiger partial charge in [0.25, 0.3) is 0 Å². The summed E-state index contributed by atoms with van der Waals surface area (Å²) in [6.45, 7) is 6.84. The van der Waals surface area contributed by atoms with Crippen molar-refractivity contribution >= 4 is 5.69 Å². The summed E-state index contributed by atoms with van der Waals surface area (Å²) in [6.07, 6.45) is 2.78. The Morgan fingerprint density at radius 2 is 1.71 bits per heavy atom. The lowest BCUT2D eigenvalue weighted by Crippen LogP contribution is -2.58. The Labute approximate surface area is 104 Å². The first-order valence-corrected chi connectivity index (χ1v) is 6.83. The largest absolute Gasteiger partial charge is 0.368 e. The van der Waals surface area contributed by atoms with E-state index in [-0.39, 0.29) is 0 Å². The molecule has 1 aromatic carbocycles. The average Bonchev–Trinajstić information content (AvgIpc) is 3.07. The predicted molar refractivity (Wildman–Crippen MR) is 72.7 cm³/mol. The number of nitrogens with zero attached hydrogens (tertiary/aromatic N) is 1.